The number of nitrogens with zero attached hydrogens (tertiary/aromatic N) is 1. The van der Waals surface area contributed by atoms with Crippen LogP contribution in [0.3, 0.4) is 0 Å². The average molecular weight is 249 g/mol. The molecule has 0 spiro atoms. The quantitative estimate of drug-likeness (QED) is 0.904. The van der Waals surface area contributed by atoms with Gasteiger partial charge in [0.2, 0.25) is 0 Å². The zero-order valence-corrected chi connectivity index (χ0v) is 10.9. The molecule has 90 valence electrons. The highest BCUT2D eigenvalue weighted by molar-refractivity contribution is 7.99. The molecule has 1 atom stereocenters. The van der Waals surface area contributed by atoms with Crippen LogP contribution in [-0.4, -0.2) is 10.1 Å². The van der Waals surface area contributed by atoms with Crippen LogP contribution in [0.1, 0.15) is 30.0 Å². The maximum atomic E-state index is 9.68. The smallest absolute Gasteiger partial charge is 0.261 e. The molecule has 0 amide bonds. The van der Waals surface area contributed by atoms with E-state index in [4.69, 9.17) is 4.42 Å². The minimum atomic E-state index is -0.490. The second kappa shape index (κ2) is 4.94. The number of aromatic nitrogens is 1. The van der Waals surface area contributed by atoms with Gasteiger partial charge in [-0.15, -0.1) is 0 Å². The van der Waals surface area contributed by atoms with Gasteiger partial charge < -0.3 is 9.52 Å². The molecule has 0 aliphatic carbocycles. The molecule has 1 aromatic heterocycles. The van der Waals surface area contributed by atoms with Crippen molar-refractivity contribution in [3.63, 3.8) is 0 Å². The Kier molecular flexibility index (Phi) is 3.54. The largest absolute Gasteiger partial charge is 0.436 e. The SMILES string of the molecule is Cc1nc(Sc2ccccc2C(C)O)oc1C. The van der Waals surface area contributed by atoms with Crippen molar-refractivity contribution in [2.45, 2.75) is 37.0 Å². The van der Waals surface area contributed by atoms with Gasteiger partial charge in [-0.25, -0.2) is 4.98 Å². The number of aliphatic hydroxyl groups is 1. The molecule has 4 heteroatoms. The van der Waals surface area contributed by atoms with E-state index in [0.717, 1.165) is 21.9 Å². The van der Waals surface area contributed by atoms with Crippen molar-refractivity contribution in [3.05, 3.63) is 41.3 Å². The minimum absolute atomic E-state index is 0.490. The Balaban J connectivity index is 2.29. The van der Waals surface area contributed by atoms with Crippen LogP contribution in [0.5, 0.6) is 0 Å². The van der Waals surface area contributed by atoms with Gasteiger partial charge in [0.15, 0.2) is 0 Å². The van der Waals surface area contributed by atoms with Crippen molar-refractivity contribution >= 4 is 11.8 Å². The zero-order valence-electron chi connectivity index (χ0n) is 10.1. The van der Waals surface area contributed by atoms with Crippen molar-refractivity contribution in [2.75, 3.05) is 0 Å². The summed E-state index contributed by atoms with van der Waals surface area (Å²) in [6.45, 7) is 5.57. The summed E-state index contributed by atoms with van der Waals surface area (Å²) in [4.78, 5) is 5.30. The molecule has 17 heavy (non-hydrogen) atoms. The molecule has 1 aromatic carbocycles. The van der Waals surface area contributed by atoms with Crippen LogP contribution in [0.2, 0.25) is 0 Å². The van der Waals surface area contributed by atoms with E-state index in [1.165, 1.54) is 11.8 Å². The molecule has 0 aliphatic heterocycles. The van der Waals surface area contributed by atoms with Crippen molar-refractivity contribution in [1.82, 2.24) is 4.98 Å². The maximum Gasteiger partial charge on any atom is 0.261 e. The lowest BCUT2D eigenvalue weighted by atomic mass is 10.1. The van der Waals surface area contributed by atoms with Gasteiger partial charge in [-0.3, -0.25) is 0 Å². The molecule has 0 fully saturated rings. The molecule has 0 saturated carbocycles. The summed E-state index contributed by atoms with van der Waals surface area (Å²) in [7, 11) is 0. The lowest BCUT2D eigenvalue weighted by Crippen LogP contribution is -1.93. The van der Waals surface area contributed by atoms with Crippen LogP contribution in [-0.2, 0) is 0 Å². The molecule has 0 saturated heterocycles. The third-order valence-electron chi connectivity index (χ3n) is 2.58. The third kappa shape index (κ3) is 2.70. The monoisotopic (exact) mass is 249 g/mol. The van der Waals surface area contributed by atoms with Gasteiger partial charge in [-0.2, -0.15) is 0 Å². The van der Waals surface area contributed by atoms with Gasteiger partial charge in [-0.1, -0.05) is 18.2 Å². The number of aliphatic hydroxyl groups excluding tert-OH is 1. The number of benzene rings is 1. The minimum Gasteiger partial charge on any atom is -0.436 e. The van der Waals surface area contributed by atoms with E-state index >= 15 is 0 Å². The summed E-state index contributed by atoms with van der Waals surface area (Å²) >= 11 is 1.44. The Morgan fingerprint density at radius 2 is 2.00 bits per heavy atom. The normalized spacial score (nSPS) is 12.7. The van der Waals surface area contributed by atoms with Crippen molar-refractivity contribution in [1.29, 1.82) is 0 Å². The van der Waals surface area contributed by atoms with Crippen LogP contribution < -0.4 is 0 Å². The number of rotatable bonds is 3. The second-order valence-electron chi connectivity index (χ2n) is 3.94. The first-order valence-corrected chi connectivity index (χ1v) is 6.28. The zero-order chi connectivity index (χ0) is 12.4. The highest BCUT2D eigenvalue weighted by Gasteiger charge is 2.12. The third-order valence-corrected chi connectivity index (χ3v) is 3.52. The first-order chi connectivity index (χ1) is 8.08. The lowest BCUT2D eigenvalue weighted by molar-refractivity contribution is 0.196. The summed E-state index contributed by atoms with van der Waals surface area (Å²) in [6, 6.07) is 7.73. The first kappa shape index (κ1) is 12.2. The molecular weight excluding hydrogens is 234 g/mol. The summed E-state index contributed by atoms with van der Waals surface area (Å²) in [6.07, 6.45) is -0.490. The predicted octanol–water partition coefficient (Wildman–Crippen LogP) is 3.50. The molecule has 0 aliphatic rings. The average Bonchev–Trinajstić information content (AvgIpc) is 2.58. The van der Waals surface area contributed by atoms with E-state index < -0.39 is 6.10 Å². The van der Waals surface area contributed by atoms with Gasteiger partial charge in [0.1, 0.15) is 5.76 Å². The van der Waals surface area contributed by atoms with Crippen molar-refractivity contribution in [3.8, 4) is 0 Å². The van der Waals surface area contributed by atoms with E-state index in [0.29, 0.717) is 5.22 Å². The highest BCUT2D eigenvalue weighted by atomic mass is 32.2. The fourth-order valence-corrected chi connectivity index (χ4v) is 2.54. The molecule has 0 radical (unpaired) electrons. The van der Waals surface area contributed by atoms with E-state index in [1.807, 2.05) is 38.1 Å². The number of oxazole rings is 1. The summed E-state index contributed by atoms with van der Waals surface area (Å²) in [5.41, 5.74) is 1.80. The highest BCUT2D eigenvalue weighted by Crippen LogP contribution is 2.33. The lowest BCUT2D eigenvalue weighted by Gasteiger charge is -2.09. The Hall–Kier alpha value is -1.26. The first-order valence-electron chi connectivity index (χ1n) is 5.47. The molecule has 1 N–H and O–H groups in total. The van der Waals surface area contributed by atoms with Gasteiger partial charge >= 0.3 is 0 Å². The predicted molar refractivity (Wildman–Crippen MR) is 67.2 cm³/mol. The molecule has 0 bridgehead atoms. The van der Waals surface area contributed by atoms with E-state index in [-0.39, 0.29) is 0 Å². The molecule has 1 heterocycles. The molecule has 2 rings (SSSR count). The van der Waals surface area contributed by atoms with Crippen molar-refractivity contribution < 1.29 is 9.52 Å². The van der Waals surface area contributed by atoms with Crippen LogP contribution >= 0.6 is 11.8 Å². The Morgan fingerprint density at radius 1 is 1.29 bits per heavy atom. The number of hydrogen-bond donors (Lipinski definition) is 1. The number of hydrogen-bond acceptors (Lipinski definition) is 4. The molecule has 3 nitrogen and oxygen atoms in total. The van der Waals surface area contributed by atoms with E-state index in [1.54, 1.807) is 6.92 Å². The standard InChI is InChI=1S/C13H15NO2S/c1-8-10(3)16-13(14-8)17-12-7-5-4-6-11(12)9(2)15/h4-7,9,15H,1-3H3. The molecule has 2 aromatic rings. The Bertz CT molecular complexity index is 500. The van der Waals surface area contributed by atoms with Crippen LogP contribution in [0, 0.1) is 13.8 Å². The van der Waals surface area contributed by atoms with Crippen LogP contribution in [0.25, 0.3) is 0 Å². The van der Waals surface area contributed by atoms with Gasteiger partial charge in [-0.05, 0) is 44.2 Å². The topological polar surface area (TPSA) is 46.3 Å². The maximum absolute atomic E-state index is 9.68. The fourth-order valence-electron chi connectivity index (χ4n) is 1.50. The second-order valence-corrected chi connectivity index (χ2v) is 4.93. The molecule has 1 unspecified atom stereocenters. The van der Waals surface area contributed by atoms with Gasteiger partial charge in [0.05, 0.1) is 11.8 Å². The van der Waals surface area contributed by atoms with Crippen LogP contribution in [0.4, 0.5) is 0 Å². The summed E-state index contributed by atoms with van der Waals surface area (Å²) in [5.74, 6) is 0.835. The van der Waals surface area contributed by atoms with Crippen molar-refractivity contribution in [2.24, 2.45) is 0 Å². The Morgan fingerprint density at radius 3 is 2.59 bits per heavy atom. The fraction of sp³-hybridized carbons (Fsp3) is 0.308. The van der Waals surface area contributed by atoms with Gasteiger partial charge in [0, 0.05) is 4.90 Å². The van der Waals surface area contributed by atoms with Crippen LogP contribution in [0.15, 0.2) is 38.8 Å². The number of aryl methyl sites for hydroxylation is 2. The van der Waals surface area contributed by atoms with E-state index in [9.17, 15) is 5.11 Å². The summed E-state index contributed by atoms with van der Waals surface area (Å²) in [5, 5.41) is 10.3. The van der Waals surface area contributed by atoms with E-state index in [2.05, 4.69) is 4.98 Å². The van der Waals surface area contributed by atoms with Gasteiger partial charge in [0.25, 0.3) is 5.22 Å². The Labute approximate surface area is 105 Å². The molecular formula is C13H15NO2S. The summed E-state index contributed by atoms with van der Waals surface area (Å²) < 4.78 is 5.52.